The molecule has 0 bridgehead atoms. The highest BCUT2D eigenvalue weighted by Crippen LogP contribution is 2.28. The molecule has 1 aliphatic heterocycles. The van der Waals surface area contributed by atoms with Crippen molar-refractivity contribution >= 4 is 5.91 Å². The number of amides is 1. The number of carbonyl (C=O) groups excluding carboxylic acids is 1. The molecule has 1 amide bonds. The first-order chi connectivity index (χ1) is 11.6. The van der Waals surface area contributed by atoms with Crippen LogP contribution in [-0.2, 0) is 9.53 Å². The summed E-state index contributed by atoms with van der Waals surface area (Å²) in [6, 6.07) is 0.665. The highest BCUT2D eigenvalue weighted by atomic mass is 16.5. The van der Waals surface area contributed by atoms with Gasteiger partial charge in [0.25, 0.3) is 0 Å². The minimum Gasteiger partial charge on any atom is -0.374 e. The SMILES string of the molecule is Cc1cnn([C@H](C)[C@H](C)NCC(=O)N2CCO[C@H]3CCCC[C@H]32)c1. The van der Waals surface area contributed by atoms with Gasteiger partial charge >= 0.3 is 0 Å². The number of aromatic nitrogens is 2. The van der Waals surface area contributed by atoms with Gasteiger partial charge in [-0.2, -0.15) is 5.10 Å². The summed E-state index contributed by atoms with van der Waals surface area (Å²) in [5, 5.41) is 7.76. The lowest BCUT2D eigenvalue weighted by atomic mass is 9.90. The minimum atomic E-state index is 0.177. The molecule has 134 valence electrons. The molecule has 6 nitrogen and oxygen atoms in total. The summed E-state index contributed by atoms with van der Waals surface area (Å²) in [4.78, 5) is 14.8. The van der Waals surface area contributed by atoms with Crippen LogP contribution in [0.3, 0.4) is 0 Å². The number of fused-ring (bicyclic) bond motifs is 1. The maximum absolute atomic E-state index is 12.7. The Morgan fingerprint density at radius 2 is 2.21 bits per heavy atom. The van der Waals surface area contributed by atoms with E-state index in [1.54, 1.807) is 0 Å². The summed E-state index contributed by atoms with van der Waals surface area (Å²) in [5.41, 5.74) is 1.15. The average Bonchev–Trinajstić information content (AvgIpc) is 3.04. The number of rotatable bonds is 5. The Morgan fingerprint density at radius 3 is 2.96 bits per heavy atom. The summed E-state index contributed by atoms with van der Waals surface area (Å²) in [6.45, 7) is 8.05. The van der Waals surface area contributed by atoms with Crippen molar-refractivity contribution in [3.05, 3.63) is 18.0 Å². The topological polar surface area (TPSA) is 59.4 Å². The summed E-state index contributed by atoms with van der Waals surface area (Å²) in [7, 11) is 0. The molecular formula is C18H30N4O2. The predicted octanol–water partition coefficient (Wildman–Crippen LogP) is 1.90. The van der Waals surface area contributed by atoms with Crippen LogP contribution in [0.15, 0.2) is 12.4 Å². The van der Waals surface area contributed by atoms with Crippen LogP contribution in [0, 0.1) is 6.92 Å². The van der Waals surface area contributed by atoms with E-state index < -0.39 is 0 Å². The van der Waals surface area contributed by atoms with Crippen molar-refractivity contribution in [2.24, 2.45) is 0 Å². The summed E-state index contributed by atoms with van der Waals surface area (Å²) in [6.07, 6.45) is 8.75. The molecule has 1 N–H and O–H groups in total. The van der Waals surface area contributed by atoms with Crippen molar-refractivity contribution in [3.8, 4) is 0 Å². The molecule has 24 heavy (non-hydrogen) atoms. The number of ether oxygens (including phenoxy) is 1. The van der Waals surface area contributed by atoms with Crippen LogP contribution in [0.5, 0.6) is 0 Å². The molecule has 1 aliphatic carbocycles. The second kappa shape index (κ2) is 7.66. The van der Waals surface area contributed by atoms with Crippen LogP contribution in [0.4, 0.5) is 0 Å². The average molecular weight is 334 g/mol. The first kappa shape index (κ1) is 17.4. The third-order valence-corrected chi connectivity index (χ3v) is 5.50. The number of hydrogen-bond acceptors (Lipinski definition) is 4. The highest BCUT2D eigenvalue weighted by Gasteiger charge is 2.36. The monoisotopic (exact) mass is 334 g/mol. The number of nitrogens with one attached hydrogen (secondary N) is 1. The van der Waals surface area contributed by atoms with E-state index in [-0.39, 0.29) is 30.1 Å². The summed E-state index contributed by atoms with van der Waals surface area (Å²) < 4.78 is 7.82. The first-order valence-corrected chi connectivity index (χ1v) is 9.21. The fourth-order valence-corrected chi connectivity index (χ4v) is 3.81. The van der Waals surface area contributed by atoms with E-state index in [1.165, 1.54) is 12.8 Å². The van der Waals surface area contributed by atoms with Crippen molar-refractivity contribution in [3.63, 3.8) is 0 Å². The van der Waals surface area contributed by atoms with Gasteiger partial charge in [-0.15, -0.1) is 0 Å². The molecule has 6 heteroatoms. The van der Waals surface area contributed by atoms with Crippen molar-refractivity contribution < 1.29 is 9.53 Å². The third kappa shape index (κ3) is 3.81. The van der Waals surface area contributed by atoms with Crippen molar-refractivity contribution in [1.29, 1.82) is 0 Å². The lowest BCUT2D eigenvalue weighted by molar-refractivity contribution is -0.148. The van der Waals surface area contributed by atoms with Gasteiger partial charge in [-0.3, -0.25) is 9.48 Å². The number of hydrogen-bond donors (Lipinski definition) is 1. The van der Waals surface area contributed by atoms with E-state index in [0.717, 1.165) is 24.9 Å². The molecule has 3 rings (SSSR count). The van der Waals surface area contributed by atoms with E-state index in [1.807, 2.05) is 24.0 Å². The van der Waals surface area contributed by atoms with Gasteiger partial charge in [-0.1, -0.05) is 12.8 Å². The number of carbonyl (C=O) groups is 1. The van der Waals surface area contributed by atoms with Crippen molar-refractivity contribution in [2.75, 3.05) is 19.7 Å². The van der Waals surface area contributed by atoms with Gasteiger partial charge in [0, 0.05) is 18.8 Å². The second-order valence-electron chi connectivity index (χ2n) is 7.26. The lowest BCUT2D eigenvalue weighted by Crippen LogP contribution is -2.57. The van der Waals surface area contributed by atoms with Gasteiger partial charge in [0.05, 0.1) is 37.5 Å². The molecule has 0 radical (unpaired) electrons. The summed E-state index contributed by atoms with van der Waals surface area (Å²) in [5.74, 6) is 0.200. The Morgan fingerprint density at radius 1 is 1.42 bits per heavy atom. The van der Waals surface area contributed by atoms with E-state index >= 15 is 0 Å². The molecule has 1 aromatic rings. The molecule has 0 aromatic carbocycles. The lowest BCUT2D eigenvalue weighted by Gasteiger charge is -2.44. The largest absolute Gasteiger partial charge is 0.374 e. The van der Waals surface area contributed by atoms with E-state index in [9.17, 15) is 4.79 Å². The van der Waals surface area contributed by atoms with Gasteiger partial charge in [-0.05, 0) is 39.2 Å². The summed E-state index contributed by atoms with van der Waals surface area (Å²) >= 11 is 0. The Bertz CT molecular complexity index is 557. The van der Waals surface area contributed by atoms with Crippen molar-refractivity contribution in [2.45, 2.75) is 70.7 Å². The van der Waals surface area contributed by atoms with Crippen molar-refractivity contribution in [1.82, 2.24) is 20.0 Å². The Labute approximate surface area is 144 Å². The fourth-order valence-electron chi connectivity index (χ4n) is 3.81. The third-order valence-electron chi connectivity index (χ3n) is 5.50. The van der Waals surface area contributed by atoms with Gasteiger partial charge in [-0.25, -0.2) is 0 Å². The number of nitrogens with zero attached hydrogens (tertiary/aromatic N) is 3. The molecule has 0 unspecified atom stereocenters. The van der Waals surface area contributed by atoms with Crippen LogP contribution in [0.1, 0.15) is 51.1 Å². The molecule has 4 atom stereocenters. The molecule has 1 aromatic heterocycles. The zero-order valence-corrected chi connectivity index (χ0v) is 15.1. The van der Waals surface area contributed by atoms with E-state index in [4.69, 9.17) is 4.74 Å². The van der Waals surface area contributed by atoms with E-state index in [0.29, 0.717) is 13.2 Å². The minimum absolute atomic E-state index is 0.177. The first-order valence-electron chi connectivity index (χ1n) is 9.21. The van der Waals surface area contributed by atoms with Gasteiger partial charge in [0.2, 0.25) is 5.91 Å². The Kier molecular flexibility index (Phi) is 5.56. The molecule has 1 saturated carbocycles. The molecule has 2 heterocycles. The van der Waals surface area contributed by atoms with Gasteiger partial charge in [0.1, 0.15) is 0 Å². The Balaban J connectivity index is 1.52. The zero-order chi connectivity index (χ0) is 17.1. The molecule has 2 aliphatic rings. The van der Waals surface area contributed by atoms with Crippen LogP contribution < -0.4 is 5.32 Å². The highest BCUT2D eigenvalue weighted by molar-refractivity contribution is 5.78. The van der Waals surface area contributed by atoms with E-state index in [2.05, 4.69) is 29.2 Å². The van der Waals surface area contributed by atoms with Crippen LogP contribution in [-0.4, -0.2) is 58.5 Å². The van der Waals surface area contributed by atoms with Gasteiger partial charge in [0.15, 0.2) is 0 Å². The van der Waals surface area contributed by atoms with Crippen LogP contribution >= 0.6 is 0 Å². The van der Waals surface area contributed by atoms with Crippen LogP contribution in [0.2, 0.25) is 0 Å². The number of morpholine rings is 1. The van der Waals surface area contributed by atoms with Gasteiger partial charge < -0.3 is 15.0 Å². The predicted molar refractivity (Wildman–Crippen MR) is 92.8 cm³/mol. The number of aryl methyl sites for hydroxylation is 1. The second-order valence-corrected chi connectivity index (χ2v) is 7.26. The standard InChI is InChI=1S/C18H30N4O2/c1-13-10-20-22(12-13)15(3)14(2)19-11-18(23)21-8-9-24-17-7-5-4-6-16(17)21/h10,12,14-17,19H,4-9,11H2,1-3H3/t14-,15+,16+,17-/m0/s1. The van der Waals surface area contributed by atoms with Crippen LogP contribution in [0.25, 0.3) is 0 Å². The zero-order valence-electron chi connectivity index (χ0n) is 15.1. The Hall–Kier alpha value is -1.40. The molecular weight excluding hydrogens is 304 g/mol. The molecule has 0 spiro atoms. The smallest absolute Gasteiger partial charge is 0.236 e. The normalized spacial score (nSPS) is 26.7. The maximum atomic E-state index is 12.7. The molecule has 1 saturated heterocycles. The quantitative estimate of drug-likeness (QED) is 0.893. The molecule has 2 fully saturated rings. The maximum Gasteiger partial charge on any atom is 0.236 e. The fraction of sp³-hybridized carbons (Fsp3) is 0.778.